The molecule has 0 spiro atoms. The van der Waals surface area contributed by atoms with Crippen LogP contribution < -0.4 is 14.2 Å². The largest absolute Gasteiger partial charge is 0.493 e. The van der Waals surface area contributed by atoms with E-state index < -0.39 is 11.5 Å². The van der Waals surface area contributed by atoms with E-state index in [0.29, 0.717) is 36.0 Å². The first-order valence-electron chi connectivity index (χ1n) is 12.8. The van der Waals surface area contributed by atoms with Gasteiger partial charge in [0.25, 0.3) is 0 Å². The van der Waals surface area contributed by atoms with Crippen molar-refractivity contribution < 1.29 is 19.3 Å². The number of aromatic nitrogens is 2. The first kappa shape index (κ1) is 28.8. The van der Waals surface area contributed by atoms with Gasteiger partial charge in [0.05, 0.1) is 38.5 Å². The van der Waals surface area contributed by atoms with Gasteiger partial charge in [-0.1, -0.05) is 28.1 Å². The molecule has 2 aromatic heterocycles. The van der Waals surface area contributed by atoms with Crippen molar-refractivity contribution in [2.45, 2.75) is 31.8 Å². The number of fused-ring (bicyclic) bond motifs is 1. The number of pyridine rings is 2. The smallest absolute Gasteiger partial charge is 0.217 e. The molecule has 0 radical (unpaired) electrons. The van der Waals surface area contributed by atoms with Crippen LogP contribution in [0.2, 0.25) is 0 Å². The van der Waals surface area contributed by atoms with E-state index in [0.717, 1.165) is 37.8 Å². The Morgan fingerprint density at radius 3 is 2.33 bits per heavy atom. The molecule has 2 atom stereocenters. The summed E-state index contributed by atoms with van der Waals surface area (Å²) in [7, 11) is 8.80. The molecule has 4 rings (SSSR count). The van der Waals surface area contributed by atoms with Crippen LogP contribution in [0.3, 0.4) is 0 Å². The summed E-state index contributed by atoms with van der Waals surface area (Å²) in [5, 5.41) is 13.9. The molecule has 0 aliphatic heterocycles. The number of hydrogen-bond acceptors (Lipinski definition) is 7. The lowest BCUT2D eigenvalue weighted by atomic mass is 9.72. The standard InChI is InChI=1S/C31H36BrN3O4/c1-19-15-20(2)33-27(16-19)31(36,13-14-35(3)4)28(23-9-8-10-26(37-5)29(23)38-6)24-18-21-17-22(32)11-12-25(21)34-30(24)39-7/h8-12,15-18,28,36H,13-14H2,1-7H3/t28-,31-/m1/s1. The molecule has 8 heteroatoms. The minimum Gasteiger partial charge on any atom is -0.493 e. The lowest BCUT2D eigenvalue weighted by molar-refractivity contribution is -0.00104. The van der Waals surface area contributed by atoms with Gasteiger partial charge >= 0.3 is 0 Å². The van der Waals surface area contributed by atoms with Gasteiger partial charge in [0, 0.05) is 33.2 Å². The molecule has 1 N–H and O–H groups in total. The van der Waals surface area contributed by atoms with Crippen LogP contribution in [-0.4, -0.2) is 61.9 Å². The highest BCUT2D eigenvalue weighted by Crippen LogP contribution is 2.51. The molecule has 0 amide bonds. The van der Waals surface area contributed by atoms with Crippen LogP contribution in [0.4, 0.5) is 0 Å². The summed E-state index contributed by atoms with van der Waals surface area (Å²) >= 11 is 3.59. The minimum absolute atomic E-state index is 0.389. The lowest BCUT2D eigenvalue weighted by Crippen LogP contribution is -2.39. The van der Waals surface area contributed by atoms with Crippen molar-refractivity contribution in [2.75, 3.05) is 42.0 Å². The Hall–Kier alpha value is -3.20. The van der Waals surface area contributed by atoms with Crippen LogP contribution in [0.15, 0.2) is 59.1 Å². The van der Waals surface area contributed by atoms with Crippen molar-refractivity contribution in [2.24, 2.45) is 0 Å². The molecule has 2 aromatic carbocycles. The highest BCUT2D eigenvalue weighted by atomic mass is 79.9. The number of rotatable bonds is 10. The van der Waals surface area contributed by atoms with Gasteiger partial charge in [-0.2, -0.15) is 0 Å². The maximum atomic E-state index is 13.0. The molecule has 0 aliphatic rings. The third kappa shape index (κ3) is 5.88. The van der Waals surface area contributed by atoms with Gasteiger partial charge in [-0.05, 0) is 82.4 Å². The summed E-state index contributed by atoms with van der Waals surface area (Å²) in [5.74, 6) is 0.863. The second-order valence-electron chi connectivity index (χ2n) is 10.1. The van der Waals surface area contributed by atoms with E-state index in [-0.39, 0.29) is 0 Å². The summed E-state index contributed by atoms with van der Waals surface area (Å²) in [5.41, 5.74) is 3.21. The molecule has 0 saturated heterocycles. The number of halogens is 1. The summed E-state index contributed by atoms with van der Waals surface area (Å²) in [6.45, 7) is 4.57. The lowest BCUT2D eigenvalue weighted by Gasteiger charge is -2.38. The molecule has 2 heterocycles. The molecule has 0 unspecified atom stereocenters. The Labute approximate surface area is 238 Å². The molecular formula is C31H36BrN3O4. The Morgan fingerprint density at radius 1 is 0.923 bits per heavy atom. The molecule has 4 aromatic rings. The van der Waals surface area contributed by atoms with E-state index in [4.69, 9.17) is 24.2 Å². The minimum atomic E-state index is -1.46. The quantitative estimate of drug-likeness (QED) is 0.241. The zero-order valence-electron chi connectivity index (χ0n) is 23.6. The summed E-state index contributed by atoms with van der Waals surface area (Å²) < 4.78 is 18.4. The zero-order chi connectivity index (χ0) is 28.3. The fourth-order valence-electron chi connectivity index (χ4n) is 5.22. The van der Waals surface area contributed by atoms with Gasteiger partial charge in [0.15, 0.2) is 11.5 Å². The number of ether oxygens (including phenoxy) is 3. The van der Waals surface area contributed by atoms with Crippen LogP contribution in [0.5, 0.6) is 17.4 Å². The fraction of sp³-hybridized carbons (Fsp3) is 0.355. The van der Waals surface area contributed by atoms with Gasteiger partial charge in [-0.25, -0.2) is 4.98 Å². The fourth-order valence-corrected chi connectivity index (χ4v) is 5.59. The first-order valence-corrected chi connectivity index (χ1v) is 13.6. The average Bonchev–Trinajstić information content (AvgIpc) is 2.90. The molecule has 0 bridgehead atoms. The van der Waals surface area contributed by atoms with E-state index in [1.54, 1.807) is 21.3 Å². The highest BCUT2D eigenvalue weighted by Gasteiger charge is 2.45. The number of nitrogens with zero attached hydrogens (tertiary/aromatic N) is 3. The maximum Gasteiger partial charge on any atom is 0.217 e. The second-order valence-corrected chi connectivity index (χ2v) is 11.0. The third-order valence-corrected chi connectivity index (χ3v) is 7.47. The van der Waals surface area contributed by atoms with Gasteiger partial charge in [-0.15, -0.1) is 0 Å². The van der Waals surface area contributed by atoms with E-state index in [1.807, 2.05) is 82.5 Å². The molecule has 0 aliphatic carbocycles. The van der Waals surface area contributed by atoms with Crippen molar-refractivity contribution in [3.63, 3.8) is 0 Å². The van der Waals surface area contributed by atoms with Gasteiger partial charge in [0.1, 0.15) is 5.60 Å². The van der Waals surface area contributed by atoms with Crippen LogP contribution in [0.25, 0.3) is 10.9 Å². The number of hydrogen-bond donors (Lipinski definition) is 1. The number of para-hydroxylation sites is 1. The van der Waals surface area contributed by atoms with E-state index in [1.165, 1.54) is 0 Å². The van der Waals surface area contributed by atoms with Crippen molar-refractivity contribution >= 4 is 26.8 Å². The van der Waals surface area contributed by atoms with Crippen molar-refractivity contribution in [1.82, 2.24) is 14.9 Å². The summed E-state index contributed by atoms with van der Waals surface area (Å²) in [4.78, 5) is 11.8. The van der Waals surface area contributed by atoms with Crippen molar-refractivity contribution in [3.05, 3.63) is 87.1 Å². The Morgan fingerprint density at radius 2 is 1.69 bits per heavy atom. The SMILES string of the molecule is COc1cccc([C@H](c2cc3cc(Br)ccc3nc2OC)[C@@](O)(CCN(C)C)c2cc(C)cc(C)n2)c1OC. The zero-order valence-corrected chi connectivity index (χ0v) is 25.2. The molecule has 7 nitrogen and oxygen atoms in total. The molecule has 39 heavy (non-hydrogen) atoms. The predicted molar refractivity (Wildman–Crippen MR) is 158 cm³/mol. The topological polar surface area (TPSA) is 76.9 Å². The second kappa shape index (κ2) is 11.9. The number of benzene rings is 2. The average molecular weight is 595 g/mol. The van der Waals surface area contributed by atoms with Crippen LogP contribution in [0, 0.1) is 13.8 Å². The Kier molecular flexibility index (Phi) is 8.79. The van der Waals surface area contributed by atoms with Gasteiger partial charge in [-0.3, -0.25) is 4.98 Å². The van der Waals surface area contributed by atoms with Crippen molar-refractivity contribution in [1.29, 1.82) is 0 Å². The van der Waals surface area contributed by atoms with Crippen LogP contribution in [0.1, 0.15) is 40.4 Å². The van der Waals surface area contributed by atoms with Gasteiger partial charge in [0.2, 0.25) is 5.88 Å². The first-order chi connectivity index (χ1) is 18.6. The monoisotopic (exact) mass is 593 g/mol. The normalized spacial score (nSPS) is 13.8. The van der Waals surface area contributed by atoms with Crippen LogP contribution >= 0.6 is 15.9 Å². The third-order valence-electron chi connectivity index (χ3n) is 6.98. The Balaban J connectivity index is 2.13. The van der Waals surface area contributed by atoms with E-state index in [9.17, 15) is 5.11 Å². The van der Waals surface area contributed by atoms with Gasteiger partial charge < -0.3 is 24.2 Å². The molecule has 0 saturated carbocycles. The highest BCUT2D eigenvalue weighted by molar-refractivity contribution is 9.10. The maximum absolute atomic E-state index is 13.0. The molecular weight excluding hydrogens is 558 g/mol. The number of methoxy groups -OCH3 is 3. The van der Waals surface area contributed by atoms with Crippen LogP contribution in [-0.2, 0) is 5.60 Å². The molecule has 206 valence electrons. The van der Waals surface area contributed by atoms with E-state index >= 15 is 0 Å². The Bertz CT molecular complexity index is 1460. The van der Waals surface area contributed by atoms with E-state index in [2.05, 4.69) is 20.8 Å². The predicted octanol–water partition coefficient (Wildman–Crippen LogP) is 6.01. The number of aryl methyl sites for hydroxylation is 2. The molecule has 0 fully saturated rings. The summed E-state index contributed by atoms with van der Waals surface area (Å²) in [6, 6.07) is 17.6. The number of aliphatic hydroxyl groups is 1. The summed E-state index contributed by atoms with van der Waals surface area (Å²) in [6.07, 6.45) is 0.389. The van der Waals surface area contributed by atoms with Crippen molar-refractivity contribution in [3.8, 4) is 17.4 Å².